The van der Waals surface area contributed by atoms with Gasteiger partial charge in [0.1, 0.15) is 5.69 Å². The van der Waals surface area contributed by atoms with Crippen molar-refractivity contribution in [3.05, 3.63) is 29.4 Å². The van der Waals surface area contributed by atoms with Gasteiger partial charge in [0.2, 0.25) is 0 Å². The van der Waals surface area contributed by atoms with Crippen LogP contribution in [-0.4, -0.2) is 9.97 Å². The highest BCUT2D eigenvalue weighted by Gasteiger charge is 2.12. The molecule has 0 aromatic carbocycles. The molecule has 70 valence electrons. The third kappa shape index (κ3) is 1.54. The Bertz CT molecular complexity index is 424. The van der Waals surface area contributed by atoms with Crippen LogP contribution in [0.2, 0.25) is 0 Å². The molecular weight excluding hydrogens is 172 g/mol. The minimum Gasteiger partial charge on any atom is -0.256 e. The third-order valence-electron chi connectivity index (χ3n) is 2.45. The van der Waals surface area contributed by atoms with E-state index in [1.165, 1.54) is 12.0 Å². The average molecular weight is 184 g/mol. The van der Waals surface area contributed by atoms with Gasteiger partial charge in [0, 0.05) is 0 Å². The smallest absolute Gasteiger partial charge is 0.131 e. The Morgan fingerprint density at radius 3 is 3.00 bits per heavy atom. The molecule has 0 unspecified atom stereocenters. The molecule has 0 spiro atoms. The van der Waals surface area contributed by atoms with E-state index in [0.29, 0.717) is 5.69 Å². The Morgan fingerprint density at radius 1 is 1.50 bits per heavy atom. The molecule has 1 aromatic rings. The van der Waals surface area contributed by atoms with E-state index in [1.807, 2.05) is 6.92 Å². The van der Waals surface area contributed by atoms with E-state index in [4.69, 9.17) is 6.42 Å². The van der Waals surface area contributed by atoms with Gasteiger partial charge in [-0.1, -0.05) is 6.08 Å². The van der Waals surface area contributed by atoms with Crippen molar-refractivity contribution in [2.24, 2.45) is 0 Å². The molecule has 0 fully saturated rings. The van der Waals surface area contributed by atoms with E-state index in [2.05, 4.69) is 22.0 Å². The Hall–Kier alpha value is -1.62. The zero-order valence-corrected chi connectivity index (χ0v) is 8.25. The summed E-state index contributed by atoms with van der Waals surface area (Å²) in [6.07, 6.45) is 12.6. The largest absolute Gasteiger partial charge is 0.256 e. The van der Waals surface area contributed by atoms with E-state index in [-0.39, 0.29) is 0 Å². The van der Waals surface area contributed by atoms with Gasteiger partial charge in [0.05, 0.1) is 17.6 Å². The molecule has 1 aliphatic rings. The fraction of sp³-hybridized carbons (Fsp3) is 0.333. The molecule has 0 radical (unpaired) electrons. The van der Waals surface area contributed by atoms with Gasteiger partial charge >= 0.3 is 0 Å². The van der Waals surface area contributed by atoms with Gasteiger partial charge in [0.25, 0.3) is 0 Å². The van der Waals surface area contributed by atoms with Crippen molar-refractivity contribution in [3.8, 4) is 12.3 Å². The van der Waals surface area contributed by atoms with Gasteiger partial charge < -0.3 is 0 Å². The first-order valence-corrected chi connectivity index (χ1v) is 4.81. The summed E-state index contributed by atoms with van der Waals surface area (Å²) in [7, 11) is 0. The molecule has 0 bridgehead atoms. The van der Waals surface area contributed by atoms with E-state index < -0.39 is 0 Å². The third-order valence-corrected chi connectivity index (χ3v) is 2.45. The lowest BCUT2D eigenvalue weighted by atomic mass is 10.1. The molecule has 1 aromatic heterocycles. The van der Waals surface area contributed by atoms with E-state index in [0.717, 1.165) is 24.2 Å². The van der Waals surface area contributed by atoms with Gasteiger partial charge in [-0.25, -0.2) is 4.98 Å². The van der Waals surface area contributed by atoms with Crippen LogP contribution >= 0.6 is 0 Å². The van der Waals surface area contributed by atoms with E-state index >= 15 is 0 Å². The summed E-state index contributed by atoms with van der Waals surface area (Å²) < 4.78 is 0. The van der Waals surface area contributed by atoms with Crippen molar-refractivity contribution in [2.75, 3.05) is 0 Å². The molecule has 0 saturated heterocycles. The predicted octanol–water partition coefficient (Wildman–Crippen LogP) is 2.33. The molecule has 2 heteroatoms. The van der Waals surface area contributed by atoms with Crippen molar-refractivity contribution in [3.63, 3.8) is 0 Å². The van der Waals surface area contributed by atoms with Crippen LogP contribution in [0.1, 0.15) is 36.3 Å². The van der Waals surface area contributed by atoms with Crippen LogP contribution in [0.25, 0.3) is 5.57 Å². The summed E-state index contributed by atoms with van der Waals surface area (Å²) in [5.41, 5.74) is 3.88. The molecule has 2 nitrogen and oxygen atoms in total. The Labute approximate surface area is 84.1 Å². The predicted molar refractivity (Wildman–Crippen MR) is 56.5 cm³/mol. The summed E-state index contributed by atoms with van der Waals surface area (Å²) in [4.78, 5) is 8.65. The lowest BCUT2D eigenvalue weighted by molar-refractivity contribution is 0.928. The SMILES string of the molecule is C#Cc1cnc(C)c(C2=CCCC2)n1. The monoisotopic (exact) mass is 184 g/mol. The second kappa shape index (κ2) is 3.63. The number of terminal acetylenes is 1. The molecule has 1 aliphatic carbocycles. The molecule has 0 N–H and O–H groups in total. The van der Waals surface area contributed by atoms with Crippen molar-refractivity contribution >= 4 is 5.57 Å². The van der Waals surface area contributed by atoms with Crippen LogP contribution in [-0.2, 0) is 0 Å². The summed E-state index contributed by atoms with van der Waals surface area (Å²) in [6.45, 7) is 1.97. The van der Waals surface area contributed by atoms with Crippen molar-refractivity contribution in [2.45, 2.75) is 26.2 Å². The number of rotatable bonds is 1. The molecule has 2 rings (SSSR count). The van der Waals surface area contributed by atoms with Crippen LogP contribution in [0.4, 0.5) is 0 Å². The van der Waals surface area contributed by atoms with Crippen LogP contribution in [0.5, 0.6) is 0 Å². The van der Waals surface area contributed by atoms with Crippen molar-refractivity contribution < 1.29 is 0 Å². The standard InChI is InChI=1S/C12H12N2/c1-3-11-8-13-9(2)12(14-11)10-6-4-5-7-10/h1,6,8H,4-5,7H2,2H3. The van der Waals surface area contributed by atoms with Crippen LogP contribution in [0, 0.1) is 19.3 Å². The Morgan fingerprint density at radius 2 is 2.36 bits per heavy atom. The first kappa shape index (κ1) is 8.96. The Balaban J connectivity index is 2.46. The maximum absolute atomic E-state index is 5.30. The summed E-state index contributed by atoms with van der Waals surface area (Å²) in [5, 5.41) is 0. The molecule has 0 saturated carbocycles. The van der Waals surface area contributed by atoms with Crippen LogP contribution in [0.3, 0.4) is 0 Å². The number of hydrogen-bond donors (Lipinski definition) is 0. The average Bonchev–Trinajstić information content (AvgIpc) is 2.71. The normalized spacial score (nSPS) is 15.0. The molecule has 0 amide bonds. The highest BCUT2D eigenvalue weighted by atomic mass is 14.8. The van der Waals surface area contributed by atoms with Gasteiger partial charge in [-0.3, -0.25) is 4.98 Å². The minimum absolute atomic E-state index is 0.624. The Kier molecular flexibility index (Phi) is 2.32. The van der Waals surface area contributed by atoms with E-state index in [1.54, 1.807) is 6.20 Å². The summed E-state index contributed by atoms with van der Waals surface area (Å²) >= 11 is 0. The fourth-order valence-electron chi connectivity index (χ4n) is 1.71. The number of hydrogen-bond acceptors (Lipinski definition) is 2. The van der Waals surface area contributed by atoms with Crippen molar-refractivity contribution in [1.29, 1.82) is 0 Å². The zero-order chi connectivity index (χ0) is 9.97. The first-order chi connectivity index (χ1) is 6.81. The minimum atomic E-state index is 0.624. The molecule has 1 heterocycles. The lowest BCUT2D eigenvalue weighted by Gasteiger charge is -2.04. The number of nitrogens with zero attached hydrogens (tertiary/aromatic N) is 2. The quantitative estimate of drug-likeness (QED) is 0.626. The maximum Gasteiger partial charge on any atom is 0.131 e. The summed E-state index contributed by atoms with van der Waals surface area (Å²) in [5.74, 6) is 2.52. The molecule has 0 atom stereocenters. The van der Waals surface area contributed by atoms with Gasteiger partial charge in [0.15, 0.2) is 0 Å². The second-order valence-electron chi connectivity index (χ2n) is 3.46. The first-order valence-electron chi connectivity index (χ1n) is 4.81. The second-order valence-corrected chi connectivity index (χ2v) is 3.46. The number of aryl methyl sites for hydroxylation is 1. The molecule has 0 aliphatic heterocycles. The fourth-order valence-corrected chi connectivity index (χ4v) is 1.71. The number of allylic oxidation sites excluding steroid dienone is 2. The highest BCUT2D eigenvalue weighted by Crippen LogP contribution is 2.27. The van der Waals surface area contributed by atoms with Gasteiger partial charge in [-0.05, 0) is 37.7 Å². The van der Waals surface area contributed by atoms with Crippen molar-refractivity contribution in [1.82, 2.24) is 9.97 Å². The lowest BCUT2D eigenvalue weighted by Crippen LogP contribution is -1.97. The highest BCUT2D eigenvalue weighted by molar-refractivity contribution is 5.66. The molecular formula is C12H12N2. The molecule has 14 heavy (non-hydrogen) atoms. The van der Waals surface area contributed by atoms with E-state index in [9.17, 15) is 0 Å². The summed E-state index contributed by atoms with van der Waals surface area (Å²) in [6, 6.07) is 0. The maximum atomic E-state index is 5.30. The van der Waals surface area contributed by atoms with Gasteiger partial charge in [-0.15, -0.1) is 6.42 Å². The van der Waals surface area contributed by atoms with Crippen LogP contribution < -0.4 is 0 Å². The van der Waals surface area contributed by atoms with Crippen LogP contribution in [0.15, 0.2) is 12.3 Å². The number of aromatic nitrogens is 2. The van der Waals surface area contributed by atoms with Gasteiger partial charge in [-0.2, -0.15) is 0 Å². The zero-order valence-electron chi connectivity index (χ0n) is 8.25. The topological polar surface area (TPSA) is 25.8 Å².